The summed E-state index contributed by atoms with van der Waals surface area (Å²) < 4.78 is 57.3. The summed E-state index contributed by atoms with van der Waals surface area (Å²) in [5, 5.41) is 13.8. The van der Waals surface area contributed by atoms with Crippen LogP contribution in [0.2, 0.25) is 0 Å². The van der Waals surface area contributed by atoms with Crippen LogP contribution in [-0.4, -0.2) is 57.8 Å². The third-order valence-electron chi connectivity index (χ3n) is 6.23. The van der Waals surface area contributed by atoms with E-state index in [1.165, 1.54) is 22.8 Å². The molecule has 4 rings (SSSR count). The van der Waals surface area contributed by atoms with Gasteiger partial charge in [0.25, 0.3) is 5.91 Å². The van der Waals surface area contributed by atoms with E-state index in [1.54, 1.807) is 6.92 Å². The molecular formula is C24H26F4N4O2. The summed E-state index contributed by atoms with van der Waals surface area (Å²) in [5.41, 5.74) is -3.24. The SMILES string of the molecule is CCn1c(C(O)(c2ccc(F)cc2)C(F)(F)F)nc2ccc(C(=O)NCCN3CCCC3)cc21. The van der Waals surface area contributed by atoms with Gasteiger partial charge in [0, 0.05) is 30.8 Å². The third-order valence-corrected chi connectivity index (χ3v) is 6.23. The maximum Gasteiger partial charge on any atom is 0.428 e. The Hall–Kier alpha value is -2.98. The van der Waals surface area contributed by atoms with Gasteiger partial charge in [0.1, 0.15) is 5.82 Å². The van der Waals surface area contributed by atoms with Gasteiger partial charge in [-0.3, -0.25) is 4.79 Å². The van der Waals surface area contributed by atoms with Gasteiger partial charge >= 0.3 is 6.18 Å². The molecule has 0 spiro atoms. The molecule has 0 aliphatic carbocycles. The molecule has 1 unspecified atom stereocenters. The van der Waals surface area contributed by atoms with Gasteiger partial charge in [0.05, 0.1) is 11.0 Å². The number of hydrogen-bond donors (Lipinski definition) is 2. The lowest BCUT2D eigenvalue weighted by Gasteiger charge is -2.30. The molecule has 3 aromatic rings. The van der Waals surface area contributed by atoms with Crippen LogP contribution in [0, 0.1) is 5.82 Å². The second-order valence-electron chi connectivity index (χ2n) is 8.40. The summed E-state index contributed by atoms with van der Waals surface area (Å²) in [6.45, 7) is 4.90. The number of aliphatic hydroxyl groups is 1. The number of imidazole rings is 1. The number of benzene rings is 2. The fourth-order valence-electron chi connectivity index (χ4n) is 4.41. The standard InChI is InChI=1S/C24H26F4N4O2/c1-2-32-20-15-16(21(33)29-11-14-31-12-3-4-13-31)5-10-19(20)30-22(32)23(34,24(26,27)28)17-6-8-18(25)9-7-17/h5-10,15,34H,2-4,11-14H2,1H3,(H,29,33). The Kier molecular flexibility index (Phi) is 6.64. The highest BCUT2D eigenvalue weighted by Crippen LogP contribution is 2.44. The number of rotatable bonds is 7. The molecule has 1 atom stereocenters. The topological polar surface area (TPSA) is 70.4 Å². The van der Waals surface area contributed by atoms with Crippen LogP contribution in [0.25, 0.3) is 11.0 Å². The Morgan fingerprint density at radius 3 is 2.41 bits per heavy atom. The first-order chi connectivity index (χ1) is 16.1. The van der Waals surface area contributed by atoms with Crippen LogP contribution in [0.4, 0.5) is 17.6 Å². The van der Waals surface area contributed by atoms with E-state index in [1.807, 2.05) is 0 Å². The Bertz CT molecular complexity index is 1170. The fraction of sp³-hybridized carbons (Fsp3) is 0.417. The van der Waals surface area contributed by atoms with E-state index in [2.05, 4.69) is 15.2 Å². The van der Waals surface area contributed by atoms with Crippen LogP contribution < -0.4 is 5.32 Å². The minimum atomic E-state index is -5.13. The first-order valence-corrected chi connectivity index (χ1v) is 11.2. The van der Waals surface area contributed by atoms with E-state index >= 15 is 0 Å². The molecule has 1 aliphatic rings. The zero-order valence-corrected chi connectivity index (χ0v) is 18.7. The first kappa shape index (κ1) is 24.2. The Morgan fingerprint density at radius 2 is 1.79 bits per heavy atom. The number of nitrogens with zero attached hydrogens (tertiary/aromatic N) is 3. The summed E-state index contributed by atoms with van der Waals surface area (Å²) in [6.07, 6.45) is -2.83. The maximum absolute atomic E-state index is 14.2. The van der Waals surface area contributed by atoms with Gasteiger partial charge in [0.2, 0.25) is 5.60 Å². The van der Waals surface area contributed by atoms with Gasteiger partial charge in [0.15, 0.2) is 5.82 Å². The quantitative estimate of drug-likeness (QED) is 0.507. The number of carbonyl (C=O) groups is 1. The number of hydrogen-bond acceptors (Lipinski definition) is 4. The van der Waals surface area contributed by atoms with Crippen molar-refractivity contribution in [3.8, 4) is 0 Å². The average Bonchev–Trinajstić information content (AvgIpc) is 3.45. The van der Waals surface area contributed by atoms with Crippen molar-refractivity contribution in [2.75, 3.05) is 26.2 Å². The molecule has 0 bridgehead atoms. The molecule has 1 aliphatic heterocycles. The van der Waals surface area contributed by atoms with Crippen molar-refractivity contribution in [2.24, 2.45) is 0 Å². The molecule has 34 heavy (non-hydrogen) atoms. The lowest BCUT2D eigenvalue weighted by molar-refractivity contribution is -0.252. The molecule has 0 radical (unpaired) electrons. The Balaban J connectivity index is 1.69. The number of aromatic nitrogens is 2. The van der Waals surface area contributed by atoms with Crippen LogP contribution in [0.15, 0.2) is 42.5 Å². The molecule has 2 N–H and O–H groups in total. The van der Waals surface area contributed by atoms with Crippen LogP contribution in [-0.2, 0) is 12.1 Å². The smallest absolute Gasteiger partial charge is 0.370 e. The molecule has 1 aromatic heterocycles. The van der Waals surface area contributed by atoms with E-state index in [4.69, 9.17) is 0 Å². The van der Waals surface area contributed by atoms with Gasteiger partial charge in [-0.2, -0.15) is 13.2 Å². The molecular weight excluding hydrogens is 452 g/mol. The number of aryl methyl sites for hydroxylation is 1. The van der Waals surface area contributed by atoms with E-state index in [0.29, 0.717) is 6.54 Å². The van der Waals surface area contributed by atoms with Crippen molar-refractivity contribution >= 4 is 16.9 Å². The van der Waals surface area contributed by atoms with E-state index in [0.717, 1.165) is 56.7 Å². The minimum absolute atomic E-state index is 0.0610. The molecule has 10 heteroatoms. The Labute approximate surface area is 194 Å². The monoisotopic (exact) mass is 478 g/mol. The van der Waals surface area contributed by atoms with Crippen LogP contribution >= 0.6 is 0 Å². The lowest BCUT2D eigenvalue weighted by Crippen LogP contribution is -2.45. The molecule has 2 heterocycles. The first-order valence-electron chi connectivity index (χ1n) is 11.2. The van der Waals surface area contributed by atoms with E-state index in [9.17, 15) is 27.5 Å². The summed E-state index contributed by atoms with van der Waals surface area (Å²) >= 11 is 0. The second kappa shape index (κ2) is 9.34. The number of carbonyl (C=O) groups excluding carboxylic acids is 1. The normalized spacial score (nSPS) is 16.6. The molecule has 2 aromatic carbocycles. The number of likely N-dealkylation sites (tertiary alicyclic amines) is 1. The number of fused-ring (bicyclic) bond motifs is 1. The average molecular weight is 478 g/mol. The van der Waals surface area contributed by atoms with Crippen molar-refractivity contribution in [2.45, 2.75) is 38.1 Å². The molecule has 1 saturated heterocycles. The van der Waals surface area contributed by atoms with Crippen molar-refractivity contribution in [3.05, 3.63) is 65.2 Å². The van der Waals surface area contributed by atoms with E-state index < -0.39 is 29.0 Å². The molecule has 6 nitrogen and oxygen atoms in total. The summed E-state index contributed by atoms with van der Waals surface area (Å²) in [5.74, 6) is -1.70. The summed E-state index contributed by atoms with van der Waals surface area (Å²) in [4.78, 5) is 19.0. The second-order valence-corrected chi connectivity index (χ2v) is 8.40. The number of halogens is 4. The van der Waals surface area contributed by atoms with Crippen molar-refractivity contribution < 1.29 is 27.5 Å². The van der Waals surface area contributed by atoms with Crippen LogP contribution in [0.5, 0.6) is 0 Å². The lowest BCUT2D eigenvalue weighted by atomic mass is 9.92. The minimum Gasteiger partial charge on any atom is -0.370 e. The zero-order chi connectivity index (χ0) is 24.5. The maximum atomic E-state index is 14.2. The predicted octanol–water partition coefficient (Wildman–Crippen LogP) is 3.82. The summed E-state index contributed by atoms with van der Waals surface area (Å²) in [7, 11) is 0. The molecule has 0 saturated carbocycles. The largest absolute Gasteiger partial charge is 0.428 e. The van der Waals surface area contributed by atoms with Crippen LogP contribution in [0.3, 0.4) is 0 Å². The van der Waals surface area contributed by atoms with Crippen molar-refractivity contribution in [3.63, 3.8) is 0 Å². The van der Waals surface area contributed by atoms with Gasteiger partial charge in [-0.15, -0.1) is 0 Å². The molecule has 1 amide bonds. The third kappa shape index (κ3) is 4.39. The zero-order valence-electron chi connectivity index (χ0n) is 18.7. The summed E-state index contributed by atoms with van der Waals surface area (Å²) in [6, 6.07) is 7.92. The van der Waals surface area contributed by atoms with Gasteiger partial charge < -0.3 is 19.9 Å². The van der Waals surface area contributed by atoms with Gasteiger partial charge in [-0.05, 0) is 63.2 Å². The highest BCUT2D eigenvalue weighted by Gasteiger charge is 2.59. The molecule has 182 valence electrons. The van der Waals surface area contributed by atoms with E-state index in [-0.39, 0.29) is 29.0 Å². The number of alkyl halides is 3. The van der Waals surface area contributed by atoms with Gasteiger partial charge in [-0.25, -0.2) is 9.37 Å². The van der Waals surface area contributed by atoms with Crippen molar-refractivity contribution in [1.29, 1.82) is 0 Å². The number of amides is 1. The van der Waals surface area contributed by atoms with Crippen LogP contribution in [0.1, 0.15) is 41.5 Å². The predicted molar refractivity (Wildman–Crippen MR) is 119 cm³/mol. The van der Waals surface area contributed by atoms with Gasteiger partial charge in [-0.1, -0.05) is 12.1 Å². The fourth-order valence-corrected chi connectivity index (χ4v) is 4.41. The molecule has 1 fully saturated rings. The number of nitrogens with one attached hydrogen (secondary N) is 1. The highest BCUT2D eigenvalue weighted by atomic mass is 19.4. The highest BCUT2D eigenvalue weighted by molar-refractivity contribution is 5.97. The Morgan fingerprint density at radius 1 is 1.12 bits per heavy atom. The van der Waals surface area contributed by atoms with Crippen molar-refractivity contribution in [1.82, 2.24) is 19.8 Å².